The fraction of sp³-hybridized carbons (Fsp3) is 0.214. The molecule has 0 heterocycles. The first-order valence-corrected chi connectivity index (χ1v) is 5.40. The molecular formula is C14H14O3. The maximum Gasteiger partial charge on any atom is 0.314 e. The highest BCUT2D eigenvalue weighted by atomic mass is 16.5. The standard InChI is InChI=1S/C14H14O3/c1-17-14(11-7-3-2-4-8-11)10-6-5-9-12(14)13(15)16/h2-10,12H,1H3,(H,15,16). The molecule has 3 nitrogen and oxygen atoms in total. The molecule has 3 heteroatoms. The average Bonchev–Trinajstić information content (AvgIpc) is 2.39. The second-order valence-electron chi connectivity index (χ2n) is 3.92. The molecule has 0 radical (unpaired) electrons. The molecule has 88 valence electrons. The fourth-order valence-electron chi connectivity index (χ4n) is 2.17. The lowest BCUT2D eigenvalue weighted by Crippen LogP contribution is -2.40. The van der Waals surface area contributed by atoms with Gasteiger partial charge >= 0.3 is 5.97 Å². The maximum absolute atomic E-state index is 11.3. The summed E-state index contributed by atoms with van der Waals surface area (Å²) in [6.07, 6.45) is 6.99. The van der Waals surface area contributed by atoms with Crippen LogP contribution in [-0.2, 0) is 15.1 Å². The molecule has 0 amide bonds. The third kappa shape index (κ3) is 1.89. The highest BCUT2D eigenvalue weighted by Crippen LogP contribution is 2.38. The van der Waals surface area contributed by atoms with Crippen molar-refractivity contribution in [2.45, 2.75) is 5.60 Å². The molecule has 0 aliphatic heterocycles. The van der Waals surface area contributed by atoms with E-state index in [0.29, 0.717) is 0 Å². The molecule has 0 spiro atoms. The van der Waals surface area contributed by atoms with Crippen LogP contribution in [0.15, 0.2) is 54.6 Å². The maximum atomic E-state index is 11.3. The Morgan fingerprint density at radius 1 is 1.29 bits per heavy atom. The number of ether oxygens (including phenoxy) is 1. The first-order chi connectivity index (χ1) is 8.20. The minimum Gasteiger partial charge on any atom is -0.481 e. The quantitative estimate of drug-likeness (QED) is 0.867. The predicted molar refractivity (Wildman–Crippen MR) is 64.5 cm³/mol. The van der Waals surface area contributed by atoms with E-state index in [9.17, 15) is 9.90 Å². The second kappa shape index (κ2) is 4.55. The van der Waals surface area contributed by atoms with Crippen molar-refractivity contribution in [2.75, 3.05) is 7.11 Å². The minimum atomic E-state index is -0.915. The van der Waals surface area contributed by atoms with Gasteiger partial charge in [0.2, 0.25) is 0 Å². The average molecular weight is 230 g/mol. The molecule has 2 atom stereocenters. The van der Waals surface area contributed by atoms with Crippen molar-refractivity contribution < 1.29 is 14.6 Å². The van der Waals surface area contributed by atoms with E-state index in [1.807, 2.05) is 36.4 Å². The van der Waals surface area contributed by atoms with Crippen LogP contribution >= 0.6 is 0 Å². The number of benzene rings is 1. The zero-order valence-corrected chi connectivity index (χ0v) is 9.54. The molecule has 1 aliphatic carbocycles. The van der Waals surface area contributed by atoms with Crippen LogP contribution < -0.4 is 0 Å². The summed E-state index contributed by atoms with van der Waals surface area (Å²) in [4.78, 5) is 11.3. The lowest BCUT2D eigenvalue weighted by molar-refractivity contribution is -0.148. The number of methoxy groups -OCH3 is 1. The summed E-state index contributed by atoms with van der Waals surface area (Å²) in [5.74, 6) is -1.60. The molecule has 1 aliphatic rings. The van der Waals surface area contributed by atoms with Gasteiger partial charge in [0.15, 0.2) is 0 Å². The Balaban J connectivity index is 2.53. The van der Waals surface area contributed by atoms with Crippen LogP contribution in [0.4, 0.5) is 0 Å². The van der Waals surface area contributed by atoms with E-state index in [2.05, 4.69) is 0 Å². The molecule has 0 aromatic heterocycles. The Hall–Kier alpha value is -1.87. The van der Waals surface area contributed by atoms with Crippen molar-refractivity contribution in [3.63, 3.8) is 0 Å². The fourth-order valence-corrected chi connectivity index (χ4v) is 2.17. The molecule has 0 saturated heterocycles. The van der Waals surface area contributed by atoms with Gasteiger partial charge in [-0.1, -0.05) is 48.6 Å². The molecule has 17 heavy (non-hydrogen) atoms. The number of carboxylic acid groups (broad SMARTS) is 1. The number of carboxylic acids is 1. The van der Waals surface area contributed by atoms with Crippen LogP contribution in [0, 0.1) is 5.92 Å². The summed E-state index contributed by atoms with van der Waals surface area (Å²) in [5, 5.41) is 9.30. The van der Waals surface area contributed by atoms with Crippen molar-refractivity contribution in [1.82, 2.24) is 0 Å². The summed E-state index contributed by atoms with van der Waals surface area (Å²) in [6.45, 7) is 0. The van der Waals surface area contributed by atoms with E-state index in [0.717, 1.165) is 5.56 Å². The molecule has 1 N–H and O–H groups in total. The van der Waals surface area contributed by atoms with Gasteiger partial charge in [-0.25, -0.2) is 0 Å². The Morgan fingerprint density at radius 3 is 2.59 bits per heavy atom. The highest BCUT2D eigenvalue weighted by molar-refractivity contribution is 5.75. The molecule has 2 rings (SSSR count). The Morgan fingerprint density at radius 2 is 2.00 bits per heavy atom. The van der Waals surface area contributed by atoms with Gasteiger partial charge in [-0.05, 0) is 11.6 Å². The highest BCUT2D eigenvalue weighted by Gasteiger charge is 2.42. The summed E-state index contributed by atoms with van der Waals surface area (Å²) in [6, 6.07) is 9.40. The van der Waals surface area contributed by atoms with Gasteiger partial charge in [0.1, 0.15) is 11.5 Å². The third-order valence-electron chi connectivity index (χ3n) is 3.05. The molecular weight excluding hydrogens is 216 g/mol. The van der Waals surface area contributed by atoms with Crippen molar-refractivity contribution in [2.24, 2.45) is 5.92 Å². The van der Waals surface area contributed by atoms with Gasteiger partial charge < -0.3 is 9.84 Å². The number of allylic oxidation sites excluding steroid dienone is 2. The molecule has 2 unspecified atom stereocenters. The van der Waals surface area contributed by atoms with Crippen LogP contribution in [0.5, 0.6) is 0 Å². The predicted octanol–water partition coefficient (Wildman–Crippen LogP) is 2.36. The van der Waals surface area contributed by atoms with Gasteiger partial charge in [0, 0.05) is 7.11 Å². The number of carbonyl (C=O) groups is 1. The van der Waals surface area contributed by atoms with Crippen LogP contribution in [-0.4, -0.2) is 18.2 Å². The number of hydrogen-bond donors (Lipinski definition) is 1. The zero-order valence-electron chi connectivity index (χ0n) is 9.54. The topological polar surface area (TPSA) is 46.5 Å². The lowest BCUT2D eigenvalue weighted by atomic mass is 9.78. The van der Waals surface area contributed by atoms with Gasteiger partial charge in [0.25, 0.3) is 0 Å². The van der Waals surface area contributed by atoms with E-state index in [1.165, 1.54) is 7.11 Å². The van der Waals surface area contributed by atoms with Crippen LogP contribution in [0.2, 0.25) is 0 Å². The van der Waals surface area contributed by atoms with E-state index in [4.69, 9.17) is 4.74 Å². The zero-order chi connectivity index (χ0) is 12.3. The molecule has 0 fully saturated rings. The first-order valence-electron chi connectivity index (χ1n) is 5.40. The summed E-state index contributed by atoms with van der Waals surface area (Å²) >= 11 is 0. The van der Waals surface area contributed by atoms with Gasteiger partial charge in [0.05, 0.1) is 0 Å². The monoisotopic (exact) mass is 230 g/mol. The Kier molecular flexibility index (Phi) is 3.11. The van der Waals surface area contributed by atoms with Gasteiger partial charge in [-0.3, -0.25) is 4.79 Å². The first kappa shape index (κ1) is 11.6. The normalized spacial score (nSPS) is 27.0. The van der Waals surface area contributed by atoms with Gasteiger partial charge in [-0.2, -0.15) is 0 Å². The van der Waals surface area contributed by atoms with Crippen LogP contribution in [0.25, 0.3) is 0 Å². The second-order valence-corrected chi connectivity index (χ2v) is 3.92. The van der Waals surface area contributed by atoms with Crippen molar-refractivity contribution in [3.05, 3.63) is 60.2 Å². The van der Waals surface area contributed by atoms with Crippen LogP contribution in [0.1, 0.15) is 5.56 Å². The summed E-state index contributed by atoms with van der Waals surface area (Å²) < 4.78 is 5.52. The molecule has 0 saturated carbocycles. The van der Waals surface area contributed by atoms with Crippen molar-refractivity contribution in [3.8, 4) is 0 Å². The van der Waals surface area contributed by atoms with E-state index in [-0.39, 0.29) is 0 Å². The summed E-state index contributed by atoms with van der Waals surface area (Å²) in [5.41, 5.74) is -0.0718. The van der Waals surface area contributed by atoms with Crippen molar-refractivity contribution >= 4 is 5.97 Å². The van der Waals surface area contributed by atoms with Crippen LogP contribution in [0.3, 0.4) is 0 Å². The van der Waals surface area contributed by atoms with E-state index in [1.54, 1.807) is 18.2 Å². The number of rotatable bonds is 3. The van der Waals surface area contributed by atoms with Gasteiger partial charge in [-0.15, -0.1) is 0 Å². The van der Waals surface area contributed by atoms with E-state index < -0.39 is 17.5 Å². The largest absolute Gasteiger partial charge is 0.481 e. The van der Waals surface area contributed by atoms with E-state index >= 15 is 0 Å². The Labute approximate surface area is 100 Å². The number of aliphatic carboxylic acids is 1. The number of hydrogen-bond acceptors (Lipinski definition) is 2. The molecule has 1 aromatic carbocycles. The Bertz CT molecular complexity index is 462. The SMILES string of the molecule is COC1(c2ccccc2)C=CC=CC1C(=O)O. The minimum absolute atomic E-state index is 0.708. The molecule has 0 bridgehead atoms. The molecule has 1 aromatic rings. The van der Waals surface area contributed by atoms with Crippen molar-refractivity contribution in [1.29, 1.82) is 0 Å². The third-order valence-corrected chi connectivity index (χ3v) is 3.05. The smallest absolute Gasteiger partial charge is 0.314 e. The lowest BCUT2D eigenvalue weighted by Gasteiger charge is -2.35. The summed E-state index contributed by atoms with van der Waals surface area (Å²) in [7, 11) is 1.53.